The number of amides is 1. The third kappa shape index (κ3) is 4.47. The summed E-state index contributed by atoms with van der Waals surface area (Å²) in [6, 6.07) is 11.1. The van der Waals surface area contributed by atoms with E-state index in [2.05, 4.69) is 51.3 Å². The Morgan fingerprint density at radius 2 is 2.00 bits per heavy atom. The average Bonchev–Trinajstić information content (AvgIpc) is 3.58. The van der Waals surface area contributed by atoms with Crippen molar-refractivity contribution in [2.45, 2.75) is 68.6 Å². The Hall–Kier alpha value is -1.82. The van der Waals surface area contributed by atoms with Crippen LogP contribution in [0.2, 0.25) is 0 Å². The van der Waals surface area contributed by atoms with Crippen molar-refractivity contribution in [3.8, 4) is 0 Å². The molecule has 2 aliphatic rings. The number of hydrogen-bond donors (Lipinski definition) is 1. The van der Waals surface area contributed by atoms with Gasteiger partial charge >= 0.3 is 0 Å². The van der Waals surface area contributed by atoms with Crippen LogP contribution in [0.3, 0.4) is 0 Å². The molecule has 138 valence electrons. The van der Waals surface area contributed by atoms with Gasteiger partial charge < -0.3 is 9.88 Å². The molecular formula is C20H26N4OS. The van der Waals surface area contributed by atoms with Crippen molar-refractivity contribution < 1.29 is 4.79 Å². The maximum atomic E-state index is 12.3. The zero-order chi connectivity index (χ0) is 17.9. The lowest BCUT2D eigenvalue weighted by Crippen LogP contribution is -2.34. The van der Waals surface area contributed by atoms with E-state index in [1.807, 2.05) is 6.07 Å². The fraction of sp³-hybridized carbons (Fsp3) is 0.550. The van der Waals surface area contributed by atoms with Gasteiger partial charge in [0.25, 0.3) is 0 Å². The number of rotatable bonds is 9. The minimum absolute atomic E-state index is 0.0777. The Kier molecular flexibility index (Phi) is 5.29. The highest BCUT2D eigenvalue weighted by molar-refractivity contribution is 7.99. The maximum Gasteiger partial charge on any atom is 0.230 e. The van der Waals surface area contributed by atoms with Gasteiger partial charge in [-0.25, -0.2) is 0 Å². The van der Waals surface area contributed by atoms with E-state index in [0.717, 1.165) is 23.8 Å². The molecule has 2 saturated carbocycles. The molecule has 1 aromatic carbocycles. The first-order valence-corrected chi connectivity index (χ1v) is 10.6. The summed E-state index contributed by atoms with van der Waals surface area (Å²) in [6.45, 7) is 2.07. The molecule has 5 nitrogen and oxygen atoms in total. The molecule has 2 aromatic rings. The lowest BCUT2D eigenvalue weighted by Gasteiger charge is -2.14. The van der Waals surface area contributed by atoms with Crippen LogP contribution in [-0.4, -0.2) is 32.5 Å². The van der Waals surface area contributed by atoms with Gasteiger partial charge in [-0.2, -0.15) is 0 Å². The molecule has 0 aliphatic heterocycles. The Morgan fingerprint density at radius 3 is 2.69 bits per heavy atom. The van der Waals surface area contributed by atoms with Crippen LogP contribution >= 0.6 is 11.8 Å². The van der Waals surface area contributed by atoms with Gasteiger partial charge in [0.1, 0.15) is 5.82 Å². The Bertz CT molecular complexity index is 752. The normalized spacial score (nSPS) is 17.9. The van der Waals surface area contributed by atoms with Crippen LogP contribution in [0.1, 0.15) is 62.4 Å². The monoisotopic (exact) mass is 370 g/mol. The number of aryl methyl sites for hydroxylation is 1. The van der Waals surface area contributed by atoms with Crippen LogP contribution in [0.15, 0.2) is 35.5 Å². The molecule has 1 amide bonds. The summed E-state index contributed by atoms with van der Waals surface area (Å²) in [5.41, 5.74) is 1.31. The summed E-state index contributed by atoms with van der Waals surface area (Å²) >= 11 is 1.52. The van der Waals surface area contributed by atoms with Gasteiger partial charge in [0, 0.05) is 18.0 Å². The standard InChI is InChI=1S/C20H26N4OS/c1-14(7-8-15-5-3-2-4-6-15)21-18(25)13-26-20-23-22-19(16-9-10-16)24(20)17-11-12-17/h2-6,14,16-17H,7-13H2,1H3,(H,21,25)/t14-/m1/s1. The summed E-state index contributed by atoms with van der Waals surface area (Å²) in [6.07, 6.45) is 6.83. The second-order valence-electron chi connectivity index (χ2n) is 7.50. The Morgan fingerprint density at radius 1 is 1.23 bits per heavy atom. The molecule has 1 aromatic heterocycles. The van der Waals surface area contributed by atoms with Crippen LogP contribution in [0.25, 0.3) is 0 Å². The van der Waals surface area contributed by atoms with Crippen LogP contribution in [0, 0.1) is 0 Å². The van der Waals surface area contributed by atoms with Crippen molar-refractivity contribution in [1.82, 2.24) is 20.1 Å². The van der Waals surface area contributed by atoms with E-state index in [1.54, 1.807) is 0 Å². The van der Waals surface area contributed by atoms with E-state index in [9.17, 15) is 4.79 Å². The highest BCUT2D eigenvalue weighted by atomic mass is 32.2. The van der Waals surface area contributed by atoms with Gasteiger partial charge in [-0.05, 0) is 51.0 Å². The van der Waals surface area contributed by atoms with Crippen molar-refractivity contribution in [3.05, 3.63) is 41.7 Å². The molecule has 1 heterocycles. The highest BCUT2D eigenvalue weighted by Crippen LogP contribution is 2.45. The Labute approximate surface area is 159 Å². The van der Waals surface area contributed by atoms with Crippen LogP contribution in [0.5, 0.6) is 0 Å². The molecule has 2 fully saturated rings. The molecule has 0 unspecified atom stereocenters. The van der Waals surface area contributed by atoms with E-state index in [4.69, 9.17) is 0 Å². The number of carbonyl (C=O) groups is 1. The molecule has 0 radical (unpaired) electrons. The second kappa shape index (κ2) is 7.82. The molecule has 0 saturated heterocycles. The molecule has 4 rings (SSSR count). The topological polar surface area (TPSA) is 59.8 Å². The minimum atomic E-state index is 0.0777. The largest absolute Gasteiger partial charge is 0.353 e. The van der Waals surface area contributed by atoms with Gasteiger partial charge in [-0.1, -0.05) is 42.1 Å². The van der Waals surface area contributed by atoms with Crippen LogP contribution in [0.4, 0.5) is 0 Å². The number of thioether (sulfide) groups is 1. The average molecular weight is 371 g/mol. The Balaban J connectivity index is 1.25. The first kappa shape index (κ1) is 17.6. The molecular weight excluding hydrogens is 344 g/mol. The molecule has 0 bridgehead atoms. The van der Waals surface area contributed by atoms with E-state index in [0.29, 0.717) is 17.7 Å². The molecule has 2 aliphatic carbocycles. The third-order valence-corrected chi connectivity index (χ3v) is 5.94. The number of nitrogens with zero attached hydrogens (tertiary/aromatic N) is 3. The zero-order valence-electron chi connectivity index (χ0n) is 15.2. The summed E-state index contributed by atoms with van der Waals surface area (Å²) in [7, 11) is 0. The van der Waals surface area contributed by atoms with Crippen LogP contribution in [-0.2, 0) is 11.2 Å². The van der Waals surface area contributed by atoms with Gasteiger partial charge in [-0.3, -0.25) is 4.79 Å². The SMILES string of the molecule is C[C@H](CCc1ccccc1)NC(=O)CSc1nnc(C2CC2)n1C1CC1. The number of benzene rings is 1. The van der Waals surface area contributed by atoms with E-state index in [-0.39, 0.29) is 11.9 Å². The van der Waals surface area contributed by atoms with E-state index < -0.39 is 0 Å². The smallest absolute Gasteiger partial charge is 0.230 e. The van der Waals surface area contributed by atoms with Crippen LogP contribution < -0.4 is 5.32 Å². The molecule has 0 spiro atoms. The summed E-state index contributed by atoms with van der Waals surface area (Å²) < 4.78 is 2.30. The minimum Gasteiger partial charge on any atom is -0.353 e. The maximum absolute atomic E-state index is 12.3. The fourth-order valence-corrected chi connectivity index (χ4v) is 4.05. The van der Waals surface area contributed by atoms with Gasteiger partial charge in [0.15, 0.2) is 5.16 Å². The predicted molar refractivity (Wildman–Crippen MR) is 103 cm³/mol. The van der Waals surface area contributed by atoms with Gasteiger partial charge in [0.05, 0.1) is 5.75 Å². The van der Waals surface area contributed by atoms with Gasteiger partial charge in [0.2, 0.25) is 5.91 Å². The number of hydrogen-bond acceptors (Lipinski definition) is 4. The van der Waals surface area contributed by atoms with Crippen molar-refractivity contribution in [2.24, 2.45) is 0 Å². The second-order valence-corrected chi connectivity index (χ2v) is 8.44. The lowest BCUT2D eigenvalue weighted by molar-refractivity contribution is -0.119. The number of nitrogens with one attached hydrogen (secondary N) is 1. The summed E-state index contributed by atoms with van der Waals surface area (Å²) in [5, 5.41) is 12.8. The van der Waals surface area contributed by atoms with Crippen molar-refractivity contribution in [2.75, 3.05) is 5.75 Å². The van der Waals surface area contributed by atoms with Crippen molar-refractivity contribution >= 4 is 17.7 Å². The van der Waals surface area contributed by atoms with Gasteiger partial charge in [-0.15, -0.1) is 10.2 Å². The number of carbonyl (C=O) groups excluding carboxylic acids is 1. The summed E-state index contributed by atoms with van der Waals surface area (Å²) in [4.78, 5) is 12.3. The van der Waals surface area contributed by atoms with Crippen molar-refractivity contribution in [3.63, 3.8) is 0 Å². The lowest BCUT2D eigenvalue weighted by atomic mass is 10.1. The third-order valence-electron chi connectivity index (χ3n) is 4.99. The van der Waals surface area contributed by atoms with Crippen molar-refractivity contribution in [1.29, 1.82) is 0 Å². The quantitative estimate of drug-likeness (QED) is 0.684. The highest BCUT2D eigenvalue weighted by Gasteiger charge is 2.36. The predicted octanol–water partition coefficient (Wildman–Crippen LogP) is 3.72. The first-order valence-electron chi connectivity index (χ1n) is 9.61. The zero-order valence-corrected chi connectivity index (χ0v) is 16.0. The van der Waals surface area contributed by atoms with E-state index >= 15 is 0 Å². The molecule has 1 atom stereocenters. The fourth-order valence-electron chi connectivity index (χ4n) is 3.23. The molecule has 26 heavy (non-hydrogen) atoms. The number of aromatic nitrogens is 3. The summed E-state index contributed by atoms with van der Waals surface area (Å²) in [5.74, 6) is 2.23. The molecule has 6 heteroatoms. The molecule has 1 N–H and O–H groups in total. The van der Waals surface area contributed by atoms with E-state index in [1.165, 1.54) is 43.0 Å². The first-order chi connectivity index (χ1) is 12.7.